The van der Waals surface area contributed by atoms with E-state index in [4.69, 9.17) is 0 Å². The summed E-state index contributed by atoms with van der Waals surface area (Å²) < 4.78 is 26.0. The molecule has 21 heavy (non-hydrogen) atoms. The number of carbonyl (C=O) groups is 1. The molecule has 1 aromatic rings. The molecule has 0 aromatic heterocycles. The highest BCUT2D eigenvalue weighted by molar-refractivity contribution is 7.89. The standard InChI is InChI=1S/C12H15N3O5S/c1-8-5-10(6-11(9(8)2)15(17)18)21(19,20)14-4-3-13-12(16)7-14/h5-6H,3-4,7H2,1-2H3,(H,13,16). The molecule has 1 amide bonds. The first kappa shape index (κ1) is 15.4. The number of piperazine rings is 1. The smallest absolute Gasteiger partial charge is 0.273 e. The van der Waals surface area contributed by atoms with Crippen LogP contribution in [0.1, 0.15) is 11.1 Å². The van der Waals surface area contributed by atoms with Gasteiger partial charge in [-0.05, 0) is 25.5 Å². The Hall–Kier alpha value is -2.00. The van der Waals surface area contributed by atoms with Gasteiger partial charge in [-0.3, -0.25) is 14.9 Å². The lowest BCUT2D eigenvalue weighted by Gasteiger charge is -2.26. The summed E-state index contributed by atoms with van der Waals surface area (Å²) in [5, 5.41) is 13.5. The van der Waals surface area contributed by atoms with Crippen molar-refractivity contribution in [2.24, 2.45) is 0 Å². The van der Waals surface area contributed by atoms with Crippen LogP contribution >= 0.6 is 0 Å². The van der Waals surface area contributed by atoms with Crippen molar-refractivity contribution >= 4 is 21.6 Å². The summed E-state index contributed by atoms with van der Waals surface area (Å²) in [4.78, 5) is 21.6. The van der Waals surface area contributed by atoms with Crippen molar-refractivity contribution in [3.63, 3.8) is 0 Å². The Morgan fingerprint density at radius 1 is 1.33 bits per heavy atom. The van der Waals surface area contributed by atoms with Gasteiger partial charge in [-0.15, -0.1) is 0 Å². The van der Waals surface area contributed by atoms with Crippen molar-refractivity contribution in [2.75, 3.05) is 19.6 Å². The first-order chi connectivity index (χ1) is 9.73. The van der Waals surface area contributed by atoms with Crippen LogP contribution in [0.15, 0.2) is 17.0 Å². The third-order valence-corrected chi connectivity index (χ3v) is 5.27. The van der Waals surface area contributed by atoms with Crippen LogP contribution in [0.25, 0.3) is 0 Å². The van der Waals surface area contributed by atoms with E-state index in [9.17, 15) is 23.3 Å². The van der Waals surface area contributed by atoms with E-state index in [1.54, 1.807) is 13.8 Å². The molecule has 114 valence electrons. The first-order valence-electron chi connectivity index (χ1n) is 6.26. The largest absolute Gasteiger partial charge is 0.354 e. The van der Waals surface area contributed by atoms with E-state index in [0.717, 1.165) is 10.4 Å². The lowest BCUT2D eigenvalue weighted by atomic mass is 10.1. The maximum Gasteiger partial charge on any atom is 0.273 e. The monoisotopic (exact) mass is 313 g/mol. The number of amides is 1. The van der Waals surface area contributed by atoms with Crippen LogP contribution in [0.2, 0.25) is 0 Å². The van der Waals surface area contributed by atoms with Crippen LogP contribution in [0.4, 0.5) is 5.69 Å². The van der Waals surface area contributed by atoms with Crippen molar-refractivity contribution in [3.8, 4) is 0 Å². The lowest BCUT2D eigenvalue weighted by molar-refractivity contribution is -0.385. The fourth-order valence-electron chi connectivity index (χ4n) is 2.12. The second-order valence-electron chi connectivity index (χ2n) is 4.83. The van der Waals surface area contributed by atoms with Crippen LogP contribution in [0.5, 0.6) is 0 Å². The molecule has 0 aliphatic carbocycles. The molecule has 1 aromatic carbocycles. The summed E-state index contributed by atoms with van der Waals surface area (Å²) in [7, 11) is -3.92. The molecular formula is C12H15N3O5S. The molecule has 1 fully saturated rings. The summed E-state index contributed by atoms with van der Waals surface area (Å²) >= 11 is 0. The highest BCUT2D eigenvalue weighted by Gasteiger charge is 2.31. The van der Waals surface area contributed by atoms with E-state index < -0.39 is 14.9 Å². The van der Waals surface area contributed by atoms with E-state index in [-0.39, 0.29) is 36.1 Å². The molecule has 1 aliphatic rings. The molecule has 8 nitrogen and oxygen atoms in total. The van der Waals surface area contributed by atoms with E-state index in [1.165, 1.54) is 6.07 Å². The van der Waals surface area contributed by atoms with Gasteiger partial charge in [0.15, 0.2) is 0 Å². The third kappa shape index (κ3) is 2.88. The average Bonchev–Trinajstić information content (AvgIpc) is 2.41. The molecular weight excluding hydrogens is 298 g/mol. The molecule has 2 rings (SSSR count). The van der Waals surface area contributed by atoms with Gasteiger partial charge in [0.1, 0.15) is 0 Å². The Labute approximate surface area is 122 Å². The van der Waals surface area contributed by atoms with Crippen molar-refractivity contribution in [1.29, 1.82) is 0 Å². The molecule has 1 heterocycles. The van der Waals surface area contributed by atoms with Gasteiger partial charge >= 0.3 is 0 Å². The van der Waals surface area contributed by atoms with E-state index in [0.29, 0.717) is 11.1 Å². The molecule has 1 N–H and O–H groups in total. The number of nitro benzene ring substituents is 1. The summed E-state index contributed by atoms with van der Waals surface area (Å²) in [6, 6.07) is 2.44. The fraction of sp³-hybridized carbons (Fsp3) is 0.417. The van der Waals surface area contributed by atoms with E-state index in [1.807, 2.05) is 0 Å². The van der Waals surface area contributed by atoms with Crippen molar-refractivity contribution in [2.45, 2.75) is 18.7 Å². The van der Waals surface area contributed by atoms with Gasteiger partial charge in [0.05, 0.1) is 16.4 Å². The average molecular weight is 313 g/mol. The molecule has 9 heteroatoms. The number of rotatable bonds is 3. The van der Waals surface area contributed by atoms with Gasteiger partial charge in [0.25, 0.3) is 5.69 Å². The van der Waals surface area contributed by atoms with Crippen molar-refractivity contribution < 1.29 is 18.1 Å². The topological polar surface area (TPSA) is 110 Å². The molecule has 0 saturated carbocycles. The number of nitro groups is 1. The van der Waals surface area contributed by atoms with Crippen LogP contribution in [0.3, 0.4) is 0 Å². The maximum absolute atomic E-state index is 12.5. The SMILES string of the molecule is Cc1cc(S(=O)(=O)N2CCNC(=O)C2)cc([N+](=O)[O-])c1C. The number of benzene rings is 1. The normalized spacial score (nSPS) is 16.6. The van der Waals surface area contributed by atoms with E-state index >= 15 is 0 Å². The Balaban J connectivity index is 2.50. The maximum atomic E-state index is 12.5. The summed E-state index contributed by atoms with van der Waals surface area (Å²) in [6.45, 7) is 3.28. The van der Waals surface area contributed by atoms with Crippen molar-refractivity contribution in [3.05, 3.63) is 33.4 Å². The zero-order valence-corrected chi connectivity index (χ0v) is 12.4. The molecule has 0 unspecified atom stereocenters. The number of nitrogens with zero attached hydrogens (tertiary/aromatic N) is 2. The minimum atomic E-state index is -3.92. The lowest BCUT2D eigenvalue weighted by Crippen LogP contribution is -2.49. The van der Waals surface area contributed by atoms with Crippen LogP contribution in [0, 0.1) is 24.0 Å². The number of hydrogen-bond acceptors (Lipinski definition) is 5. The predicted molar refractivity (Wildman–Crippen MR) is 74.3 cm³/mol. The summed E-state index contributed by atoms with van der Waals surface area (Å²) in [6.07, 6.45) is 0. The van der Waals surface area contributed by atoms with Crippen LogP contribution in [-0.2, 0) is 14.8 Å². The molecule has 1 aliphatic heterocycles. The number of hydrogen-bond donors (Lipinski definition) is 1. The highest BCUT2D eigenvalue weighted by atomic mass is 32.2. The first-order valence-corrected chi connectivity index (χ1v) is 7.70. The summed E-state index contributed by atoms with van der Waals surface area (Å²) in [5.74, 6) is -0.386. The highest BCUT2D eigenvalue weighted by Crippen LogP contribution is 2.27. The zero-order valence-electron chi connectivity index (χ0n) is 11.6. The molecule has 0 atom stereocenters. The van der Waals surface area contributed by atoms with Gasteiger partial charge in [-0.1, -0.05) is 0 Å². The minimum Gasteiger partial charge on any atom is -0.354 e. The number of aryl methyl sites for hydroxylation is 1. The molecule has 0 radical (unpaired) electrons. The zero-order chi connectivity index (χ0) is 15.8. The van der Waals surface area contributed by atoms with Gasteiger partial charge < -0.3 is 5.32 Å². The number of sulfonamides is 1. The third-order valence-electron chi connectivity index (χ3n) is 3.45. The quantitative estimate of drug-likeness (QED) is 0.639. The number of nitrogens with one attached hydrogen (secondary N) is 1. The second-order valence-corrected chi connectivity index (χ2v) is 6.77. The Morgan fingerprint density at radius 3 is 2.57 bits per heavy atom. The van der Waals surface area contributed by atoms with Crippen LogP contribution < -0.4 is 5.32 Å². The predicted octanol–water partition coefficient (Wildman–Crippen LogP) is 0.332. The number of carbonyl (C=O) groups excluding carboxylic acids is 1. The Bertz CT molecular complexity index is 714. The van der Waals surface area contributed by atoms with Crippen LogP contribution in [-0.4, -0.2) is 43.2 Å². The molecule has 0 bridgehead atoms. The Kier molecular flexibility index (Phi) is 3.97. The van der Waals surface area contributed by atoms with Gasteiger partial charge in [0, 0.05) is 24.7 Å². The van der Waals surface area contributed by atoms with Crippen molar-refractivity contribution in [1.82, 2.24) is 9.62 Å². The Morgan fingerprint density at radius 2 is 2.00 bits per heavy atom. The van der Waals surface area contributed by atoms with Gasteiger partial charge in [0.2, 0.25) is 15.9 Å². The van der Waals surface area contributed by atoms with Gasteiger partial charge in [-0.2, -0.15) is 4.31 Å². The second kappa shape index (κ2) is 5.41. The fourth-order valence-corrected chi connectivity index (χ4v) is 3.62. The summed E-state index contributed by atoms with van der Waals surface area (Å²) in [5.41, 5.74) is 0.703. The molecule has 0 spiro atoms. The minimum absolute atomic E-state index is 0.148. The molecule has 1 saturated heterocycles. The van der Waals surface area contributed by atoms with E-state index in [2.05, 4.69) is 5.32 Å². The van der Waals surface area contributed by atoms with Gasteiger partial charge in [-0.25, -0.2) is 8.42 Å².